The maximum atomic E-state index is 6.28. The van der Waals surface area contributed by atoms with Gasteiger partial charge in [0.2, 0.25) is 0 Å². The number of halogens is 1. The van der Waals surface area contributed by atoms with Crippen LogP contribution in [0.25, 0.3) is 0 Å². The Morgan fingerprint density at radius 3 is 2.06 bits per heavy atom. The van der Waals surface area contributed by atoms with Crippen LogP contribution < -0.4 is 5.73 Å². The molecule has 17 heavy (non-hydrogen) atoms. The van der Waals surface area contributed by atoms with E-state index in [-0.39, 0.29) is 12.0 Å². The summed E-state index contributed by atoms with van der Waals surface area (Å²) in [6, 6.07) is 18.1. The maximum absolute atomic E-state index is 6.28. The highest BCUT2D eigenvalue weighted by atomic mass is 35.5. The quantitative estimate of drug-likeness (QED) is 0.864. The lowest BCUT2D eigenvalue weighted by Gasteiger charge is -2.20. The minimum Gasteiger partial charge on any atom is -0.323 e. The van der Waals surface area contributed by atoms with Crippen molar-refractivity contribution in [3.05, 3.63) is 70.7 Å². The van der Waals surface area contributed by atoms with Crippen LogP contribution in [0.2, 0.25) is 5.02 Å². The Balaban J connectivity index is 2.20. The van der Waals surface area contributed by atoms with Crippen LogP contribution in [0, 0.1) is 0 Å². The molecule has 0 aliphatic heterocycles. The van der Waals surface area contributed by atoms with Crippen LogP contribution >= 0.6 is 11.6 Å². The van der Waals surface area contributed by atoms with Gasteiger partial charge in [0, 0.05) is 17.0 Å². The third kappa shape index (κ3) is 2.87. The number of rotatable bonds is 3. The average Bonchev–Trinajstić information content (AvgIpc) is 2.39. The Morgan fingerprint density at radius 2 is 1.47 bits per heavy atom. The highest BCUT2D eigenvalue weighted by Gasteiger charge is 2.16. The predicted molar refractivity (Wildman–Crippen MR) is 73.2 cm³/mol. The predicted octanol–water partition coefficient (Wildman–Crippen LogP) is 4.14. The molecular formula is C15H16ClN. The average molecular weight is 246 g/mol. The van der Waals surface area contributed by atoms with Crippen LogP contribution in [0.5, 0.6) is 0 Å². The van der Waals surface area contributed by atoms with Crippen molar-refractivity contribution in [2.24, 2.45) is 5.73 Å². The summed E-state index contributed by atoms with van der Waals surface area (Å²) in [7, 11) is 0. The first-order chi connectivity index (χ1) is 8.18. The highest BCUT2D eigenvalue weighted by molar-refractivity contribution is 6.30. The smallest absolute Gasteiger partial charge is 0.0406 e. The Hall–Kier alpha value is -1.31. The van der Waals surface area contributed by atoms with Crippen LogP contribution in [-0.4, -0.2) is 0 Å². The first kappa shape index (κ1) is 12.2. The van der Waals surface area contributed by atoms with Crippen molar-refractivity contribution in [1.29, 1.82) is 0 Å². The van der Waals surface area contributed by atoms with Crippen LogP contribution in [0.3, 0.4) is 0 Å². The molecule has 0 radical (unpaired) electrons. The fourth-order valence-electron chi connectivity index (χ4n) is 1.94. The summed E-state index contributed by atoms with van der Waals surface area (Å²) in [6.45, 7) is 2.15. The minimum atomic E-state index is -0.00494. The van der Waals surface area contributed by atoms with E-state index in [0.29, 0.717) is 0 Å². The molecule has 0 bridgehead atoms. The van der Waals surface area contributed by atoms with Crippen molar-refractivity contribution in [3.63, 3.8) is 0 Å². The van der Waals surface area contributed by atoms with Crippen LogP contribution in [0.1, 0.15) is 30.0 Å². The molecule has 2 unspecified atom stereocenters. The number of hydrogen-bond acceptors (Lipinski definition) is 1. The molecule has 0 amide bonds. The van der Waals surface area contributed by atoms with Crippen molar-refractivity contribution in [3.8, 4) is 0 Å². The summed E-state index contributed by atoms with van der Waals surface area (Å²) in [5, 5.41) is 0.744. The molecule has 2 aromatic carbocycles. The zero-order valence-electron chi connectivity index (χ0n) is 9.81. The van der Waals surface area contributed by atoms with E-state index in [0.717, 1.165) is 10.6 Å². The van der Waals surface area contributed by atoms with Crippen molar-refractivity contribution >= 4 is 11.6 Å². The van der Waals surface area contributed by atoms with E-state index in [1.165, 1.54) is 5.56 Å². The lowest BCUT2D eigenvalue weighted by molar-refractivity contribution is 0.598. The second-order valence-corrected chi connectivity index (χ2v) is 4.71. The zero-order valence-corrected chi connectivity index (χ0v) is 10.6. The van der Waals surface area contributed by atoms with E-state index in [2.05, 4.69) is 19.1 Å². The monoisotopic (exact) mass is 245 g/mol. The Labute approximate surface area is 107 Å². The van der Waals surface area contributed by atoms with Gasteiger partial charge >= 0.3 is 0 Å². The summed E-state index contributed by atoms with van der Waals surface area (Å²) in [6.07, 6.45) is 0. The summed E-state index contributed by atoms with van der Waals surface area (Å²) in [5.74, 6) is 0.289. The fourth-order valence-corrected chi connectivity index (χ4v) is 2.06. The maximum Gasteiger partial charge on any atom is 0.0406 e. The molecule has 0 saturated heterocycles. The lowest BCUT2D eigenvalue weighted by Crippen LogP contribution is -2.17. The van der Waals surface area contributed by atoms with Gasteiger partial charge in [-0.3, -0.25) is 0 Å². The fraction of sp³-hybridized carbons (Fsp3) is 0.200. The Kier molecular flexibility index (Phi) is 3.82. The van der Waals surface area contributed by atoms with E-state index in [1.807, 2.05) is 42.5 Å². The Bertz CT molecular complexity index is 464. The second kappa shape index (κ2) is 5.35. The van der Waals surface area contributed by atoms with E-state index in [1.54, 1.807) is 0 Å². The van der Waals surface area contributed by atoms with Gasteiger partial charge in [0.15, 0.2) is 0 Å². The molecule has 0 fully saturated rings. The van der Waals surface area contributed by atoms with E-state index < -0.39 is 0 Å². The van der Waals surface area contributed by atoms with Gasteiger partial charge in [-0.05, 0) is 23.3 Å². The van der Waals surface area contributed by atoms with E-state index in [9.17, 15) is 0 Å². The molecule has 2 N–H and O–H groups in total. The van der Waals surface area contributed by atoms with Gasteiger partial charge in [-0.25, -0.2) is 0 Å². The first-order valence-electron chi connectivity index (χ1n) is 5.74. The topological polar surface area (TPSA) is 26.0 Å². The number of benzene rings is 2. The normalized spacial score (nSPS) is 14.3. The largest absolute Gasteiger partial charge is 0.323 e. The van der Waals surface area contributed by atoms with Crippen molar-refractivity contribution < 1.29 is 0 Å². The van der Waals surface area contributed by atoms with Crippen molar-refractivity contribution in [2.75, 3.05) is 0 Å². The van der Waals surface area contributed by atoms with Gasteiger partial charge in [-0.15, -0.1) is 0 Å². The molecule has 1 nitrogen and oxygen atoms in total. The molecule has 0 spiro atoms. The summed E-state index contributed by atoms with van der Waals surface area (Å²) >= 11 is 5.87. The van der Waals surface area contributed by atoms with Crippen LogP contribution in [0.4, 0.5) is 0 Å². The summed E-state index contributed by atoms with van der Waals surface area (Å²) in [5.41, 5.74) is 8.65. The van der Waals surface area contributed by atoms with E-state index >= 15 is 0 Å². The second-order valence-electron chi connectivity index (χ2n) is 4.28. The first-order valence-corrected chi connectivity index (χ1v) is 6.12. The van der Waals surface area contributed by atoms with Gasteiger partial charge in [-0.2, -0.15) is 0 Å². The molecule has 2 heteroatoms. The molecule has 0 aliphatic rings. The Morgan fingerprint density at radius 1 is 0.882 bits per heavy atom. The molecule has 88 valence electrons. The molecule has 2 aromatic rings. The third-order valence-corrected chi connectivity index (χ3v) is 3.37. The number of nitrogens with two attached hydrogens (primary N) is 1. The molecule has 0 heterocycles. The van der Waals surface area contributed by atoms with Gasteiger partial charge in [-0.1, -0.05) is 61.0 Å². The summed E-state index contributed by atoms with van der Waals surface area (Å²) < 4.78 is 0. The number of hydrogen-bond donors (Lipinski definition) is 1. The van der Waals surface area contributed by atoms with Crippen molar-refractivity contribution in [2.45, 2.75) is 18.9 Å². The molecule has 2 rings (SSSR count). The highest BCUT2D eigenvalue weighted by Crippen LogP contribution is 2.28. The molecule has 0 aromatic heterocycles. The third-order valence-electron chi connectivity index (χ3n) is 3.12. The lowest BCUT2D eigenvalue weighted by atomic mass is 9.89. The molecule has 0 saturated carbocycles. The van der Waals surface area contributed by atoms with Crippen LogP contribution in [0.15, 0.2) is 54.6 Å². The van der Waals surface area contributed by atoms with E-state index in [4.69, 9.17) is 17.3 Å². The van der Waals surface area contributed by atoms with Gasteiger partial charge < -0.3 is 5.73 Å². The minimum absolute atomic E-state index is 0.00494. The molecular weight excluding hydrogens is 230 g/mol. The molecule has 0 aliphatic carbocycles. The zero-order chi connectivity index (χ0) is 12.3. The van der Waals surface area contributed by atoms with Gasteiger partial charge in [0.05, 0.1) is 0 Å². The van der Waals surface area contributed by atoms with Gasteiger partial charge in [0.1, 0.15) is 0 Å². The molecule has 2 atom stereocenters. The van der Waals surface area contributed by atoms with Crippen molar-refractivity contribution in [1.82, 2.24) is 0 Å². The summed E-state index contributed by atoms with van der Waals surface area (Å²) in [4.78, 5) is 0. The van der Waals surface area contributed by atoms with Crippen LogP contribution in [-0.2, 0) is 0 Å². The SMILES string of the molecule is CC(c1ccccc1)C(N)c1ccc(Cl)cc1. The van der Waals surface area contributed by atoms with Gasteiger partial charge in [0.25, 0.3) is 0 Å². The standard InChI is InChI=1S/C15H16ClN/c1-11(12-5-3-2-4-6-12)15(17)13-7-9-14(16)10-8-13/h2-11,15H,17H2,1H3.